The van der Waals surface area contributed by atoms with Crippen LogP contribution in [0, 0.1) is 5.92 Å². The molecule has 23 heavy (non-hydrogen) atoms. The number of carbonyl (C=O) groups is 2. The largest absolute Gasteiger partial charge is 0.343 e. The normalized spacial score (nSPS) is 16.5. The molecule has 0 bridgehead atoms. The van der Waals surface area contributed by atoms with Crippen LogP contribution in [0.1, 0.15) is 71.6 Å². The van der Waals surface area contributed by atoms with E-state index in [1.165, 1.54) is 32.1 Å². The monoisotopic (exact) mass is 325 g/mol. The Morgan fingerprint density at radius 1 is 1.04 bits per heavy atom. The number of hydrogen-bond acceptors (Lipinski definition) is 2. The van der Waals surface area contributed by atoms with Crippen LogP contribution in [0.3, 0.4) is 0 Å². The fourth-order valence-corrected chi connectivity index (χ4v) is 3.00. The van der Waals surface area contributed by atoms with E-state index in [-0.39, 0.29) is 11.9 Å². The number of nitrogens with one attached hydrogen (secondary N) is 2. The average Bonchev–Trinajstić information content (AvgIpc) is 2.84. The first-order valence-corrected chi connectivity index (χ1v) is 9.46. The maximum absolute atomic E-state index is 12.1. The molecule has 5 nitrogen and oxygen atoms in total. The van der Waals surface area contributed by atoms with Crippen LogP contribution in [0.2, 0.25) is 0 Å². The van der Waals surface area contributed by atoms with Gasteiger partial charge in [-0.3, -0.25) is 4.79 Å². The standard InChI is InChI=1S/C18H35N3O2/c1-3-5-10-16(4-2)15-20-18(23)19-12-11-17(22)21-13-8-6-7-9-14-21/h16H,3-15H2,1-2H3,(H2,19,20,23). The topological polar surface area (TPSA) is 61.4 Å². The second kappa shape index (κ2) is 12.2. The van der Waals surface area contributed by atoms with Gasteiger partial charge >= 0.3 is 6.03 Å². The third-order valence-corrected chi connectivity index (χ3v) is 4.68. The lowest BCUT2D eigenvalue weighted by atomic mass is 9.99. The van der Waals surface area contributed by atoms with Crippen molar-refractivity contribution in [2.75, 3.05) is 26.2 Å². The summed E-state index contributed by atoms with van der Waals surface area (Å²) >= 11 is 0. The molecule has 5 heteroatoms. The zero-order valence-corrected chi connectivity index (χ0v) is 15.0. The molecule has 0 aliphatic carbocycles. The quantitative estimate of drug-likeness (QED) is 0.683. The summed E-state index contributed by atoms with van der Waals surface area (Å²) in [6, 6.07) is -0.149. The van der Waals surface area contributed by atoms with Crippen molar-refractivity contribution in [3.8, 4) is 0 Å². The van der Waals surface area contributed by atoms with E-state index in [0.29, 0.717) is 18.9 Å². The Balaban J connectivity index is 2.13. The second-order valence-electron chi connectivity index (χ2n) is 6.60. The van der Waals surface area contributed by atoms with Crippen molar-refractivity contribution in [1.29, 1.82) is 0 Å². The molecule has 1 fully saturated rings. The van der Waals surface area contributed by atoms with Crippen LogP contribution >= 0.6 is 0 Å². The maximum Gasteiger partial charge on any atom is 0.314 e. The number of hydrogen-bond donors (Lipinski definition) is 2. The third-order valence-electron chi connectivity index (χ3n) is 4.68. The van der Waals surface area contributed by atoms with Crippen molar-refractivity contribution in [2.24, 2.45) is 5.92 Å². The highest BCUT2D eigenvalue weighted by Gasteiger charge is 2.15. The summed E-state index contributed by atoms with van der Waals surface area (Å²) in [5.74, 6) is 0.723. The lowest BCUT2D eigenvalue weighted by Gasteiger charge is -2.20. The minimum absolute atomic E-state index is 0.149. The van der Waals surface area contributed by atoms with Gasteiger partial charge in [-0.25, -0.2) is 4.79 Å². The molecule has 0 aromatic heterocycles. The van der Waals surface area contributed by atoms with Crippen LogP contribution in [0.4, 0.5) is 4.79 Å². The summed E-state index contributed by atoms with van der Waals surface area (Å²) in [7, 11) is 0. The first-order chi connectivity index (χ1) is 11.2. The highest BCUT2D eigenvalue weighted by molar-refractivity contribution is 5.78. The van der Waals surface area contributed by atoms with Gasteiger partial charge < -0.3 is 15.5 Å². The molecule has 0 saturated carbocycles. The molecule has 1 heterocycles. The van der Waals surface area contributed by atoms with Gasteiger partial charge in [0.25, 0.3) is 0 Å². The number of rotatable bonds is 9. The van der Waals surface area contributed by atoms with E-state index in [2.05, 4.69) is 24.5 Å². The molecule has 2 N–H and O–H groups in total. The fourth-order valence-electron chi connectivity index (χ4n) is 3.00. The van der Waals surface area contributed by atoms with Gasteiger partial charge in [0.05, 0.1) is 0 Å². The van der Waals surface area contributed by atoms with Crippen LogP contribution in [-0.2, 0) is 4.79 Å². The lowest BCUT2D eigenvalue weighted by molar-refractivity contribution is -0.131. The van der Waals surface area contributed by atoms with Crippen molar-refractivity contribution in [2.45, 2.75) is 71.6 Å². The first-order valence-electron chi connectivity index (χ1n) is 9.46. The van der Waals surface area contributed by atoms with Crippen molar-refractivity contribution >= 4 is 11.9 Å². The molecular weight excluding hydrogens is 290 g/mol. The van der Waals surface area contributed by atoms with E-state index in [1.54, 1.807) is 0 Å². The van der Waals surface area contributed by atoms with E-state index in [0.717, 1.165) is 38.9 Å². The number of nitrogens with zero attached hydrogens (tertiary/aromatic N) is 1. The van der Waals surface area contributed by atoms with Gasteiger partial charge in [-0.2, -0.15) is 0 Å². The molecule has 0 spiro atoms. The van der Waals surface area contributed by atoms with E-state index in [1.807, 2.05) is 4.90 Å². The summed E-state index contributed by atoms with van der Waals surface area (Å²) in [5, 5.41) is 5.74. The Morgan fingerprint density at radius 2 is 1.74 bits per heavy atom. The van der Waals surface area contributed by atoms with Gasteiger partial charge in [-0.1, -0.05) is 46.0 Å². The highest BCUT2D eigenvalue weighted by Crippen LogP contribution is 2.11. The molecular formula is C18H35N3O2. The third kappa shape index (κ3) is 8.82. The zero-order valence-electron chi connectivity index (χ0n) is 15.0. The summed E-state index contributed by atoms with van der Waals surface area (Å²) < 4.78 is 0. The Labute approximate surface area is 141 Å². The second-order valence-corrected chi connectivity index (χ2v) is 6.60. The molecule has 1 rings (SSSR count). The Bertz CT molecular complexity index is 339. The molecule has 0 aromatic rings. The van der Waals surface area contributed by atoms with E-state index in [9.17, 15) is 9.59 Å². The first kappa shape index (κ1) is 19.8. The van der Waals surface area contributed by atoms with Crippen LogP contribution in [0.25, 0.3) is 0 Å². The van der Waals surface area contributed by atoms with Gasteiger partial charge in [0.1, 0.15) is 0 Å². The van der Waals surface area contributed by atoms with Crippen LogP contribution in [0.15, 0.2) is 0 Å². The summed E-state index contributed by atoms with van der Waals surface area (Å²) in [5.41, 5.74) is 0. The van der Waals surface area contributed by atoms with Gasteiger partial charge in [-0.05, 0) is 25.2 Å². The molecule has 3 amide bonds. The molecule has 1 saturated heterocycles. The van der Waals surface area contributed by atoms with E-state index < -0.39 is 0 Å². The predicted octanol–water partition coefficient (Wildman–Crippen LogP) is 3.29. The van der Waals surface area contributed by atoms with Crippen molar-refractivity contribution in [1.82, 2.24) is 15.5 Å². The molecule has 134 valence electrons. The molecule has 0 radical (unpaired) electrons. The molecule has 1 unspecified atom stereocenters. The predicted molar refractivity (Wildman–Crippen MR) is 94.4 cm³/mol. The van der Waals surface area contributed by atoms with Crippen LogP contribution in [0.5, 0.6) is 0 Å². The molecule has 1 aliphatic rings. The van der Waals surface area contributed by atoms with Crippen LogP contribution in [-0.4, -0.2) is 43.0 Å². The Hall–Kier alpha value is -1.26. The minimum atomic E-state index is -0.149. The van der Waals surface area contributed by atoms with E-state index in [4.69, 9.17) is 0 Å². The van der Waals surface area contributed by atoms with E-state index >= 15 is 0 Å². The zero-order chi connectivity index (χ0) is 16.9. The summed E-state index contributed by atoms with van der Waals surface area (Å²) in [6.45, 7) is 7.25. The van der Waals surface area contributed by atoms with Crippen molar-refractivity contribution in [3.63, 3.8) is 0 Å². The molecule has 0 aromatic carbocycles. The van der Waals surface area contributed by atoms with Gasteiger partial charge in [0.15, 0.2) is 0 Å². The van der Waals surface area contributed by atoms with Crippen molar-refractivity contribution in [3.05, 3.63) is 0 Å². The van der Waals surface area contributed by atoms with Crippen molar-refractivity contribution < 1.29 is 9.59 Å². The fraction of sp³-hybridized carbons (Fsp3) is 0.889. The number of carbonyl (C=O) groups excluding carboxylic acids is 2. The summed E-state index contributed by atoms with van der Waals surface area (Å²) in [4.78, 5) is 25.9. The van der Waals surface area contributed by atoms with Crippen LogP contribution < -0.4 is 10.6 Å². The minimum Gasteiger partial charge on any atom is -0.343 e. The average molecular weight is 325 g/mol. The number of urea groups is 1. The Morgan fingerprint density at radius 3 is 2.35 bits per heavy atom. The molecule has 1 atom stereocenters. The number of likely N-dealkylation sites (tertiary alicyclic amines) is 1. The Kier molecular flexibility index (Phi) is 10.5. The molecule has 1 aliphatic heterocycles. The smallest absolute Gasteiger partial charge is 0.314 e. The number of unbranched alkanes of at least 4 members (excludes halogenated alkanes) is 1. The van der Waals surface area contributed by atoms with Gasteiger partial charge in [0, 0.05) is 32.6 Å². The highest BCUT2D eigenvalue weighted by atomic mass is 16.2. The van der Waals surface area contributed by atoms with Gasteiger partial charge in [-0.15, -0.1) is 0 Å². The maximum atomic E-state index is 12.1. The lowest BCUT2D eigenvalue weighted by Crippen LogP contribution is -2.40. The van der Waals surface area contributed by atoms with Gasteiger partial charge in [0.2, 0.25) is 5.91 Å². The summed E-state index contributed by atoms with van der Waals surface area (Å²) in [6.07, 6.45) is 9.73. The SMILES string of the molecule is CCCCC(CC)CNC(=O)NCCC(=O)N1CCCCCC1. The number of amides is 3.